The molecule has 12 heavy (non-hydrogen) atoms. The Balaban J connectivity index is 2.33. The van der Waals surface area contributed by atoms with Gasteiger partial charge in [-0.2, -0.15) is 0 Å². The topological polar surface area (TPSA) is 38.9 Å². The average Bonchev–Trinajstić information content (AvgIpc) is 2.66. The van der Waals surface area contributed by atoms with Gasteiger partial charge in [0.05, 0.1) is 0 Å². The molecule has 2 unspecified atom stereocenters. The van der Waals surface area contributed by atoms with E-state index in [2.05, 4.69) is 4.98 Å². The van der Waals surface area contributed by atoms with E-state index >= 15 is 0 Å². The molecule has 2 rings (SSSR count). The van der Waals surface area contributed by atoms with E-state index in [4.69, 9.17) is 17.3 Å². The highest BCUT2D eigenvalue weighted by molar-refractivity contribution is 6.29. The van der Waals surface area contributed by atoms with Gasteiger partial charge in [-0.3, -0.25) is 0 Å². The Morgan fingerprint density at radius 3 is 2.83 bits per heavy atom. The fourth-order valence-corrected chi connectivity index (χ4v) is 1.71. The van der Waals surface area contributed by atoms with Crippen molar-refractivity contribution in [3.8, 4) is 0 Å². The zero-order valence-corrected chi connectivity index (χ0v) is 7.67. The molecule has 1 heterocycles. The molecule has 0 spiro atoms. The first-order valence-corrected chi connectivity index (χ1v) is 4.44. The summed E-state index contributed by atoms with van der Waals surface area (Å²) in [7, 11) is 0. The van der Waals surface area contributed by atoms with Crippen LogP contribution >= 0.6 is 11.6 Å². The maximum Gasteiger partial charge on any atom is 0.129 e. The van der Waals surface area contributed by atoms with Crippen molar-refractivity contribution in [1.82, 2.24) is 4.98 Å². The second-order valence-electron chi connectivity index (χ2n) is 3.37. The van der Waals surface area contributed by atoms with E-state index in [1.807, 2.05) is 19.2 Å². The van der Waals surface area contributed by atoms with Crippen molar-refractivity contribution in [3.05, 3.63) is 28.5 Å². The van der Waals surface area contributed by atoms with Crippen LogP contribution in [0.15, 0.2) is 12.3 Å². The quantitative estimate of drug-likeness (QED) is 0.674. The van der Waals surface area contributed by atoms with Gasteiger partial charge in [0.1, 0.15) is 5.15 Å². The molecule has 1 saturated carbocycles. The van der Waals surface area contributed by atoms with E-state index in [-0.39, 0.29) is 0 Å². The summed E-state index contributed by atoms with van der Waals surface area (Å²) in [5.41, 5.74) is 8.20. The van der Waals surface area contributed by atoms with Gasteiger partial charge in [-0.15, -0.1) is 0 Å². The van der Waals surface area contributed by atoms with Crippen molar-refractivity contribution in [2.45, 2.75) is 25.3 Å². The first kappa shape index (κ1) is 8.02. The van der Waals surface area contributed by atoms with Crippen LogP contribution in [-0.2, 0) is 0 Å². The molecule has 0 saturated heterocycles. The van der Waals surface area contributed by atoms with Gasteiger partial charge in [0.2, 0.25) is 0 Å². The minimum Gasteiger partial charge on any atom is -0.327 e. The molecular weight excluding hydrogens is 172 g/mol. The monoisotopic (exact) mass is 182 g/mol. The van der Waals surface area contributed by atoms with Crippen LogP contribution < -0.4 is 5.73 Å². The number of nitrogens with zero attached hydrogens (tertiary/aromatic N) is 1. The number of pyridine rings is 1. The SMILES string of the molecule is Cc1cc(Cl)ncc1C1CC1N. The zero-order chi connectivity index (χ0) is 8.72. The first-order chi connectivity index (χ1) is 5.68. The zero-order valence-electron chi connectivity index (χ0n) is 6.92. The maximum atomic E-state index is 5.74. The fraction of sp³-hybridized carbons (Fsp3) is 0.444. The molecular formula is C9H11ClN2. The van der Waals surface area contributed by atoms with Gasteiger partial charge in [-0.25, -0.2) is 4.98 Å². The van der Waals surface area contributed by atoms with Gasteiger partial charge >= 0.3 is 0 Å². The number of rotatable bonds is 1. The van der Waals surface area contributed by atoms with Crippen molar-refractivity contribution < 1.29 is 0 Å². The van der Waals surface area contributed by atoms with E-state index < -0.39 is 0 Å². The highest BCUT2D eigenvalue weighted by atomic mass is 35.5. The minimum atomic E-state index is 0.340. The summed E-state index contributed by atoms with van der Waals surface area (Å²) in [5.74, 6) is 0.523. The summed E-state index contributed by atoms with van der Waals surface area (Å²) >= 11 is 5.74. The lowest BCUT2D eigenvalue weighted by molar-refractivity contribution is 0.969. The Kier molecular flexibility index (Phi) is 1.81. The number of halogens is 1. The van der Waals surface area contributed by atoms with Crippen LogP contribution in [0.5, 0.6) is 0 Å². The van der Waals surface area contributed by atoms with Gasteiger partial charge in [0.25, 0.3) is 0 Å². The van der Waals surface area contributed by atoms with Crippen molar-refractivity contribution >= 4 is 11.6 Å². The second-order valence-corrected chi connectivity index (χ2v) is 3.76. The van der Waals surface area contributed by atoms with Crippen molar-refractivity contribution in [2.75, 3.05) is 0 Å². The van der Waals surface area contributed by atoms with Crippen molar-refractivity contribution in [3.63, 3.8) is 0 Å². The largest absolute Gasteiger partial charge is 0.327 e. The van der Waals surface area contributed by atoms with Gasteiger partial charge in [0.15, 0.2) is 0 Å². The van der Waals surface area contributed by atoms with Gasteiger partial charge in [-0.05, 0) is 30.5 Å². The molecule has 0 bridgehead atoms. The summed E-state index contributed by atoms with van der Waals surface area (Å²) in [4.78, 5) is 4.05. The van der Waals surface area contributed by atoms with Gasteiger partial charge < -0.3 is 5.73 Å². The lowest BCUT2D eigenvalue weighted by atomic mass is 10.1. The molecule has 64 valence electrons. The Labute approximate surface area is 76.7 Å². The van der Waals surface area contributed by atoms with Crippen LogP contribution in [-0.4, -0.2) is 11.0 Å². The molecule has 2 N–H and O–H groups in total. The van der Waals surface area contributed by atoms with E-state index in [1.165, 1.54) is 11.1 Å². The smallest absolute Gasteiger partial charge is 0.129 e. The molecule has 1 aliphatic rings. The van der Waals surface area contributed by atoms with Gasteiger partial charge in [-0.1, -0.05) is 11.6 Å². The third-order valence-electron chi connectivity index (χ3n) is 2.36. The van der Waals surface area contributed by atoms with Crippen LogP contribution in [0.1, 0.15) is 23.5 Å². The van der Waals surface area contributed by atoms with Crippen LogP contribution in [0, 0.1) is 6.92 Å². The third kappa shape index (κ3) is 1.32. The predicted molar refractivity (Wildman–Crippen MR) is 49.3 cm³/mol. The van der Waals surface area contributed by atoms with Crippen LogP contribution in [0.4, 0.5) is 0 Å². The lowest BCUT2D eigenvalue weighted by Gasteiger charge is -2.02. The van der Waals surface area contributed by atoms with E-state index in [0.717, 1.165) is 6.42 Å². The Morgan fingerprint density at radius 2 is 2.33 bits per heavy atom. The number of hydrogen-bond donors (Lipinski definition) is 1. The Hall–Kier alpha value is -0.600. The Bertz CT molecular complexity index is 311. The third-order valence-corrected chi connectivity index (χ3v) is 2.56. The highest BCUT2D eigenvalue weighted by Crippen LogP contribution is 2.40. The second kappa shape index (κ2) is 2.71. The predicted octanol–water partition coefficient (Wildman–Crippen LogP) is 1.86. The summed E-state index contributed by atoms with van der Waals surface area (Å²) in [5, 5.41) is 0.561. The van der Waals surface area contributed by atoms with Gasteiger partial charge in [0, 0.05) is 18.2 Å². The molecule has 1 fully saturated rings. The standard InChI is InChI=1S/C9H11ClN2/c1-5-2-9(10)12-4-7(5)6-3-8(6)11/h2,4,6,8H,3,11H2,1H3. The van der Waals surface area contributed by atoms with E-state index in [1.54, 1.807) is 0 Å². The van der Waals surface area contributed by atoms with Crippen molar-refractivity contribution in [2.24, 2.45) is 5.73 Å². The Morgan fingerprint density at radius 1 is 1.67 bits per heavy atom. The van der Waals surface area contributed by atoms with E-state index in [9.17, 15) is 0 Å². The van der Waals surface area contributed by atoms with Crippen LogP contribution in [0.2, 0.25) is 5.15 Å². The maximum absolute atomic E-state index is 5.74. The van der Waals surface area contributed by atoms with Crippen molar-refractivity contribution in [1.29, 1.82) is 0 Å². The molecule has 0 radical (unpaired) electrons. The molecule has 2 atom stereocenters. The number of aromatic nitrogens is 1. The molecule has 2 nitrogen and oxygen atoms in total. The van der Waals surface area contributed by atoms with Crippen LogP contribution in [0.3, 0.4) is 0 Å². The number of aryl methyl sites for hydroxylation is 1. The molecule has 1 aromatic rings. The average molecular weight is 183 g/mol. The molecule has 1 aliphatic carbocycles. The van der Waals surface area contributed by atoms with Crippen LogP contribution in [0.25, 0.3) is 0 Å². The molecule has 1 aromatic heterocycles. The molecule has 0 aliphatic heterocycles. The number of hydrogen-bond acceptors (Lipinski definition) is 2. The highest BCUT2D eigenvalue weighted by Gasteiger charge is 2.35. The molecule has 0 amide bonds. The summed E-state index contributed by atoms with van der Waals surface area (Å²) in [6.07, 6.45) is 2.93. The molecule has 0 aromatic carbocycles. The first-order valence-electron chi connectivity index (χ1n) is 4.06. The fourth-order valence-electron chi connectivity index (χ4n) is 1.49. The minimum absolute atomic E-state index is 0.340. The summed E-state index contributed by atoms with van der Waals surface area (Å²) in [6.45, 7) is 2.05. The summed E-state index contributed by atoms with van der Waals surface area (Å²) in [6, 6.07) is 2.23. The molecule has 3 heteroatoms. The lowest BCUT2D eigenvalue weighted by Crippen LogP contribution is -2.02. The van der Waals surface area contributed by atoms with E-state index in [0.29, 0.717) is 17.1 Å². The number of nitrogens with two attached hydrogens (primary N) is 1. The summed E-state index contributed by atoms with van der Waals surface area (Å²) < 4.78 is 0. The normalized spacial score (nSPS) is 27.2.